The summed E-state index contributed by atoms with van der Waals surface area (Å²) in [6.07, 6.45) is 3.32. The molecule has 0 unspecified atom stereocenters. The Bertz CT molecular complexity index is 514. The Hall–Kier alpha value is -0.890. The van der Waals surface area contributed by atoms with E-state index in [0.717, 1.165) is 19.4 Å². The Labute approximate surface area is 113 Å². The predicted octanol–water partition coefficient (Wildman–Crippen LogP) is 0.846. The Morgan fingerprint density at radius 2 is 2.16 bits per heavy atom. The van der Waals surface area contributed by atoms with Crippen LogP contribution in [0.1, 0.15) is 25.0 Å². The largest absolute Gasteiger partial charge is 0.447 e. The number of ether oxygens (including phenoxy) is 1. The van der Waals surface area contributed by atoms with Gasteiger partial charge < -0.3 is 14.5 Å². The zero-order valence-electron chi connectivity index (χ0n) is 11.2. The third kappa shape index (κ3) is 3.17. The Morgan fingerprint density at radius 1 is 1.42 bits per heavy atom. The Morgan fingerprint density at radius 3 is 2.68 bits per heavy atom. The quantitative estimate of drug-likeness (QED) is 0.777. The summed E-state index contributed by atoms with van der Waals surface area (Å²) in [7, 11) is -0.415. The van der Waals surface area contributed by atoms with Gasteiger partial charge in [0.2, 0.25) is 5.09 Å². The molecule has 0 spiro atoms. The van der Waals surface area contributed by atoms with Crippen LogP contribution in [0.2, 0.25) is 0 Å². The van der Waals surface area contributed by atoms with Gasteiger partial charge in [-0.3, -0.25) is 0 Å². The van der Waals surface area contributed by atoms with Crippen LogP contribution >= 0.6 is 0 Å². The number of methoxy groups -OCH3 is 1. The van der Waals surface area contributed by atoms with Crippen LogP contribution < -0.4 is 10.0 Å². The fraction of sp³-hybridized carbons (Fsp3) is 0.667. The monoisotopic (exact) mass is 288 g/mol. The van der Waals surface area contributed by atoms with Gasteiger partial charge in [-0.05, 0) is 38.4 Å². The molecule has 1 aliphatic carbocycles. The Kier molecular flexibility index (Phi) is 4.29. The molecule has 0 amide bonds. The highest BCUT2D eigenvalue weighted by Crippen LogP contribution is 2.34. The van der Waals surface area contributed by atoms with Gasteiger partial charge in [0.05, 0.1) is 12.1 Å². The highest BCUT2D eigenvalue weighted by molar-refractivity contribution is 7.89. The lowest BCUT2D eigenvalue weighted by atomic mass is 9.80. The van der Waals surface area contributed by atoms with Crippen LogP contribution in [0.15, 0.2) is 21.6 Å². The van der Waals surface area contributed by atoms with E-state index >= 15 is 0 Å². The van der Waals surface area contributed by atoms with E-state index in [2.05, 4.69) is 10.0 Å². The standard InChI is InChI=1S/C12H20N2O4S/c1-13-19(15,16)11-5-4-10(18-11)8-14-9-12(17-2)6-3-7-12/h4-5,13-14H,3,6-9H2,1-2H3. The van der Waals surface area contributed by atoms with Crippen molar-refractivity contribution in [3.8, 4) is 0 Å². The normalized spacial score (nSPS) is 18.2. The van der Waals surface area contributed by atoms with Crippen molar-refractivity contribution in [3.63, 3.8) is 0 Å². The van der Waals surface area contributed by atoms with Crippen LogP contribution in [0.5, 0.6) is 0 Å². The molecule has 1 aliphatic rings. The summed E-state index contributed by atoms with van der Waals surface area (Å²) in [6.45, 7) is 1.24. The van der Waals surface area contributed by atoms with Crippen molar-refractivity contribution in [2.75, 3.05) is 20.7 Å². The highest BCUT2D eigenvalue weighted by atomic mass is 32.2. The topological polar surface area (TPSA) is 80.6 Å². The molecule has 0 atom stereocenters. The number of nitrogens with one attached hydrogen (secondary N) is 2. The average molecular weight is 288 g/mol. The molecule has 0 saturated heterocycles. The summed E-state index contributed by atoms with van der Waals surface area (Å²) in [5.41, 5.74) is -0.0491. The molecule has 6 nitrogen and oxygen atoms in total. The van der Waals surface area contributed by atoms with Gasteiger partial charge in [-0.25, -0.2) is 13.1 Å². The molecular formula is C12H20N2O4S. The summed E-state index contributed by atoms with van der Waals surface area (Å²) >= 11 is 0. The summed E-state index contributed by atoms with van der Waals surface area (Å²) in [6, 6.07) is 3.12. The number of furan rings is 1. The molecule has 0 aromatic carbocycles. The number of rotatable bonds is 7. The first kappa shape index (κ1) is 14.5. The van der Waals surface area contributed by atoms with Gasteiger partial charge in [0.15, 0.2) is 0 Å². The van der Waals surface area contributed by atoms with E-state index in [0.29, 0.717) is 12.3 Å². The van der Waals surface area contributed by atoms with Gasteiger partial charge >= 0.3 is 0 Å². The molecule has 19 heavy (non-hydrogen) atoms. The summed E-state index contributed by atoms with van der Waals surface area (Å²) in [4.78, 5) is 0. The second kappa shape index (κ2) is 5.62. The summed E-state index contributed by atoms with van der Waals surface area (Å²) < 4.78 is 36.0. The van der Waals surface area contributed by atoms with E-state index in [1.165, 1.54) is 19.5 Å². The first-order valence-electron chi connectivity index (χ1n) is 6.29. The van der Waals surface area contributed by atoms with E-state index in [1.54, 1.807) is 13.2 Å². The molecule has 1 heterocycles. The lowest BCUT2D eigenvalue weighted by molar-refractivity contribution is -0.0697. The fourth-order valence-corrected chi connectivity index (χ4v) is 2.80. The molecule has 108 valence electrons. The van der Waals surface area contributed by atoms with Gasteiger partial charge in [-0.1, -0.05) is 0 Å². The minimum atomic E-state index is -3.50. The number of hydrogen-bond donors (Lipinski definition) is 2. The van der Waals surface area contributed by atoms with Crippen molar-refractivity contribution in [2.45, 2.75) is 36.5 Å². The number of hydrogen-bond acceptors (Lipinski definition) is 5. The van der Waals surface area contributed by atoms with Gasteiger partial charge in [0.1, 0.15) is 5.76 Å². The summed E-state index contributed by atoms with van der Waals surface area (Å²) in [5.74, 6) is 0.597. The van der Waals surface area contributed by atoms with E-state index in [-0.39, 0.29) is 10.7 Å². The van der Waals surface area contributed by atoms with Gasteiger partial charge in [0.25, 0.3) is 10.0 Å². The van der Waals surface area contributed by atoms with Crippen molar-refractivity contribution >= 4 is 10.0 Å². The second-order valence-electron chi connectivity index (χ2n) is 4.77. The predicted molar refractivity (Wildman–Crippen MR) is 70.3 cm³/mol. The van der Waals surface area contributed by atoms with Crippen molar-refractivity contribution < 1.29 is 17.6 Å². The molecule has 1 saturated carbocycles. The highest BCUT2D eigenvalue weighted by Gasteiger charge is 2.36. The molecular weight excluding hydrogens is 268 g/mol. The molecule has 2 rings (SSSR count). The van der Waals surface area contributed by atoms with Crippen molar-refractivity contribution in [2.24, 2.45) is 0 Å². The van der Waals surface area contributed by atoms with Gasteiger partial charge in [0, 0.05) is 13.7 Å². The maximum absolute atomic E-state index is 11.5. The van der Waals surface area contributed by atoms with Crippen molar-refractivity contribution in [3.05, 3.63) is 17.9 Å². The van der Waals surface area contributed by atoms with E-state index in [9.17, 15) is 8.42 Å². The molecule has 1 aromatic rings. The van der Waals surface area contributed by atoms with Crippen LogP contribution in [-0.4, -0.2) is 34.7 Å². The zero-order chi connectivity index (χ0) is 13.9. The smallest absolute Gasteiger partial charge is 0.273 e. The van der Waals surface area contributed by atoms with E-state index < -0.39 is 10.0 Å². The first-order chi connectivity index (χ1) is 9.01. The zero-order valence-corrected chi connectivity index (χ0v) is 12.0. The maximum atomic E-state index is 11.5. The molecule has 0 radical (unpaired) electrons. The molecule has 7 heteroatoms. The molecule has 1 aromatic heterocycles. The molecule has 0 bridgehead atoms. The molecule has 1 fully saturated rings. The van der Waals surface area contributed by atoms with Crippen LogP contribution in [0.3, 0.4) is 0 Å². The second-order valence-corrected chi connectivity index (χ2v) is 6.59. The third-order valence-corrected chi connectivity index (χ3v) is 4.90. The average Bonchev–Trinajstić information content (AvgIpc) is 2.82. The SMILES string of the molecule is CNS(=O)(=O)c1ccc(CNCC2(OC)CCC2)o1. The van der Waals surface area contributed by atoms with Crippen LogP contribution in [0, 0.1) is 0 Å². The minimum absolute atomic E-state index is 0.0491. The lowest BCUT2D eigenvalue weighted by Gasteiger charge is -2.40. The van der Waals surface area contributed by atoms with Gasteiger partial charge in [-0.2, -0.15) is 0 Å². The van der Waals surface area contributed by atoms with Crippen molar-refractivity contribution in [1.29, 1.82) is 0 Å². The summed E-state index contributed by atoms with van der Waals surface area (Å²) in [5, 5.41) is 3.19. The van der Waals surface area contributed by atoms with Crippen LogP contribution in [-0.2, 0) is 21.3 Å². The van der Waals surface area contributed by atoms with Crippen molar-refractivity contribution in [1.82, 2.24) is 10.0 Å². The van der Waals surface area contributed by atoms with E-state index in [4.69, 9.17) is 9.15 Å². The Balaban J connectivity index is 1.87. The third-order valence-electron chi connectivity index (χ3n) is 3.61. The lowest BCUT2D eigenvalue weighted by Crippen LogP contribution is -2.47. The van der Waals surface area contributed by atoms with Crippen LogP contribution in [0.4, 0.5) is 0 Å². The molecule has 2 N–H and O–H groups in total. The van der Waals surface area contributed by atoms with Gasteiger partial charge in [-0.15, -0.1) is 0 Å². The van der Waals surface area contributed by atoms with Crippen LogP contribution in [0.25, 0.3) is 0 Å². The molecule has 0 aliphatic heterocycles. The minimum Gasteiger partial charge on any atom is -0.447 e. The maximum Gasteiger partial charge on any atom is 0.273 e. The number of sulfonamides is 1. The fourth-order valence-electron chi connectivity index (χ4n) is 2.14. The first-order valence-corrected chi connectivity index (χ1v) is 7.78. The van der Waals surface area contributed by atoms with E-state index in [1.807, 2.05) is 0 Å².